The zero-order chi connectivity index (χ0) is 15.5. The third kappa shape index (κ3) is 3.25. The van der Waals surface area contributed by atoms with E-state index in [0.29, 0.717) is 0 Å². The minimum absolute atomic E-state index is 0.882. The molecule has 0 atom stereocenters. The lowest BCUT2D eigenvalue weighted by atomic mass is 9.98. The Hall–Kier alpha value is -2.00. The second kappa shape index (κ2) is 6.41. The van der Waals surface area contributed by atoms with Crippen molar-refractivity contribution in [1.82, 2.24) is 15.1 Å². The molecule has 1 aromatic heterocycles. The molecule has 0 amide bonds. The van der Waals surface area contributed by atoms with Gasteiger partial charge in [0.05, 0.1) is 5.69 Å². The molecular formula is C19H23N3. The number of aromatic nitrogens is 2. The highest BCUT2D eigenvalue weighted by Crippen LogP contribution is 2.36. The van der Waals surface area contributed by atoms with E-state index in [2.05, 4.69) is 60.4 Å². The molecule has 1 aromatic carbocycles. The third-order valence-corrected chi connectivity index (χ3v) is 4.26. The predicted molar refractivity (Wildman–Crippen MR) is 90.7 cm³/mol. The van der Waals surface area contributed by atoms with Crippen LogP contribution in [0.25, 0.3) is 5.57 Å². The number of benzene rings is 1. The van der Waals surface area contributed by atoms with Crippen molar-refractivity contribution in [2.75, 3.05) is 20.6 Å². The first-order chi connectivity index (χ1) is 10.6. The zero-order valence-electron chi connectivity index (χ0n) is 13.6. The van der Waals surface area contributed by atoms with Crippen LogP contribution in [0.15, 0.2) is 42.1 Å². The normalized spacial score (nSPS) is 13.8. The van der Waals surface area contributed by atoms with Gasteiger partial charge in [-0.05, 0) is 62.7 Å². The van der Waals surface area contributed by atoms with Crippen molar-refractivity contribution in [3.8, 4) is 0 Å². The molecule has 22 heavy (non-hydrogen) atoms. The summed E-state index contributed by atoms with van der Waals surface area (Å²) in [6.07, 6.45) is 4.82. The lowest BCUT2D eigenvalue weighted by Gasteiger charge is -2.12. The summed E-state index contributed by atoms with van der Waals surface area (Å²) in [5.74, 6) is 0. The lowest BCUT2D eigenvalue weighted by Crippen LogP contribution is -2.14. The molecule has 0 radical (unpaired) electrons. The zero-order valence-corrected chi connectivity index (χ0v) is 13.6. The molecule has 3 nitrogen and oxygen atoms in total. The van der Waals surface area contributed by atoms with Crippen LogP contribution in [0.3, 0.4) is 0 Å². The summed E-state index contributed by atoms with van der Waals surface area (Å²) in [7, 11) is 4.27. The van der Waals surface area contributed by atoms with E-state index in [4.69, 9.17) is 0 Å². The van der Waals surface area contributed by atoms with Gasteiger partial charge in [0.25, 0.3) is 0 Å². The molecular weight excluding hydrogens is 270 g/mol. The molecule has 0 saturated heterocycles. The molecule has 0 bridgehead atoms. The Morgan fingerprint density at radius 3 is 2.77 bits per heavy atom. The van der Waals surface area contributed by atoms with Crippen molar-refractivity contribution >= 4 is 5.57 Å². The number of nitrogens with zero attached hydrogens (tertiary/aromatic N) is 3. The van der Waals surface area contributed by atoms with E-state index in [-0.39, 0.29) is 0 Å². The summed E-state index contributed by atoms with van der Waals surface area (Å²) in [5, 5.41) is 8.28. The van der Waals surface area contributed by atoms with Crippen molar-refractivity contribution in [3.63, 3.8) is 0 Å². The van der Waals surface area contributed by atoms with E-state index in [1.165, 1.54) is 22.3 Å². The van der Waals surface area contributed by atoms with Crippen LogP contribution in [0.4, 0.5) is 0 Å². The average Bonchev–Trinajstić information content (AvgIpc) is 2.83. The molecule has 1 heterocycles. The van der Waals surface area contributed by atoms with Crippen LogP contribution in [0.5, 0.6) is 0 Å². The summed E-state index contributed by atoms with van der Waals surface area (Å²) in [4.78, 5) is 2.25. The monoisotopic (exact) mass is 293 g/mol. The Morgan fingerprint density at radius 2 is 2.05 bits per heavy atom. The van der Waals surface area contributed by atoms with E-state index in [1.54, 1.807) is 11.8 Å². The van der Waals surface area contributed by atoms with E-state index < -0.39 is 0 Å². The number of hydrogen-bond donors (Lipinski definition) is 0. The summed E-state index contributed by atoms with van der Waals surface area (Å²) in [6.45, 7) is 3.26. The van der Waals surface area contributed by atoms with Gasteiger partial charge in [0, 0.05) is 19.2 Å². The molecule has 3 rings (SSSR count). The van der Waals surface area contributed by atoms with Gasteiger partial charge in [0.15, 0.2) is 0 Å². The standard InChI is InChI=1S/C19H23N3/c1-14-6-7-18-16(11-14)12-15(8-10-22(2)3)19(18)13-17-5-4-9-20-21-17/h4-7,9,11H,8,10,12-13H2,1-3H3. The second-order valence-corrected chi connectivity index (χ2v) is 6.36. The van der Waals surface area contributed by atoms with Gasteiger partial charge in [0.1, 0.15) is 0 Å². The fourth-order valence-corrected chi connectivity index (χ4v) is 3.12. The van der Waals surface area contributed by atoms with Crippen LogP contribution >= 0.6 is 0 Å². The number of hydrogen-bond acceptors (Lipinski definition) is 3. The van der Waals surface area contributed by atoms with Gasteiger partial charge in [-0.25, -0.2) is 0 Å². The van der Waals surface area contributed by atoms with Crippen LogP contribution in [0.2, 0.25) is 0 Å². The van der Waals surface area contributed by atoms with Gasteiger partial charge in [0.2, 0.25) is 0 Å². The first-order valence-corrected chi connectivity index (χ1v) is 7.85. The maximum absolute atomic E-state index is 4.27. The fraction of sp³-hybridized carbons (Fsp3) is 0.368. The summed E-state index contributed by atoms with van der Waals surface area (Å²) in [6, 6.07) is 10.8. The van der Waals surface area contributed by atoms with Crippen molar-refractivity contribution in [2.45, 2.75) is 26.2 Å². The summed E-state index contributed by atoms with van der Waals surface area (Å²) in [5.41, 5.74) is 8.27. The molecule has 0 spiro atoms. The Bertz CT molecular complexity index is 687. The molecule has 0 aliphatic heterocycles. The molecule has 2 aromatic rings. The number of allylic oxidation sites excluding steroid dienone is 1. The minimum atomic E-state index is 0.882. The second-order valence-electron chi connectivity index (χ2n) is 6.36. The summed E-state index contributed by atoms with van der Waals surface area (Å²) >= 11 is 0. The van der Waals surface area contributed by atoms with Gasteiger partial charge in [-0.15, -0.1) is 0 Å². The van der Waals surface area contributed by atoms with Crippen molar-refractivity contribution in [3.05, 3.63) is 64.5 Å². The Morgan fingerprint density at radius 1 is 1.18 bits per heavy atom. The van der Waals surface area contributed by atoms with Crippen LogP contribution in [0, 0.1) is 6.92 Å². The van der Waals surface area contributed by atoms with Gasteiger partial charge in [-0.2, -0.15) is 10.2 Å². The first kappa shape index (κ1) is 14.9. The van der Waals surface area contributed by atoms with Crippen molar-refractivity contribution in [2.24, 2.45) is 0 Å². The quantitative estimate of drug-likeness (QED) is 0.847. The van der Waals surface area contributed by atoms with Crippen LogP contribution < -0.4 is 0 Å². The first-order valence-electron chi connectivity index (χ1n) is 7.85. The predicted octanol–water partition coefficient (Wildman–Crippen LogP) is 3.29. The molecule has 0 N–H and O–H groups in total. The van der Waals surface area contributed by atoms with Crippen LogP contribution in [-0.4, -0.2) is 35.7 Å². The number of rotatable bonds is 5. The van der Waals surface area contributed by atoms with Crippen molar-refractivity contribution in [1.29, 1.82) is 0 Å². The van der Waals surface area contributed by atoms with E-state index >= 15 is 0 Å². The Balaban J connectivity index is 1.92. The SMILES string of the molecule is Cc1ccc2c(c1)CC(CCN(C)C)=C2Cc1cccnn1. The van der Waals surface area contributed by atoms with E-state index in [0.717, 1.165) is 31.5 Å². The Kier molecular flexibility index (Phi) is 4.34. The third-order valence-electron chi connectivity index (χ3n) is 4.26. The highest BCUT2D eigenvalue weighted by Gasteiger charge is 2.21. The molecule has 1 aliphatic rings. The van der Waals surface area contributed by atoms with Gasteiger partial charge >= 0.3 is 0 Å². The van der Waals surface area contributed by atoms with Gasteiger partial charge in [-0.1, -0.05) is 29.3 Å². The maximum Gasteiger partial charge on any atom is 0.0675 e. The van der Waals surface area contributed by atoms with E-state index in [9.17, 15) is 0 Å². The van der Waals surface area contributed by atoms with Crippen LogP contribution in [-0.2, 0) is 12.8 Å². The number of aryl methyl sites for hydroxylation is 1. The minimum Gasteiger partial charge on any atom is -0.309 e. The molecule has 0 saturated carbocycles. The van der Waals surface area contributed by atoms with Gasteiger partial charge in [-0.3, -0.25) is 0 Å². The lowest BCUT2D eigenvalue weighted by molar-refractivity contribution is 0.412. The summed E-state index contributed by atoms with van der Waals surface area (Å²) < 4.78 is 0. The molecule has 0 fully saturated rings. The largest absolute Gasteiger partial charge is 0.309 e. The highest BCUT2D eigenvalue weighted by molar-refractivity contribution is 5.77. The number of fused-ring (bicyclic) bond motifs is 1. The molecule has 0 unspecified atom stereocenters. The molecule has 1 aliphatic carbocycles. The van der Waals surface area contributed by atoms with E-state index in [1.807, 2.05) is 6.07 Å². The van der Waals surface area contributed by atoms with Gasteiger partial charge < -0.3 is 4.90 Å². The smallest absolute Gasteiger partial charge is 0.0675 e. The fourth-order valence-electron chi connectivity index (χ4n) is 3.12. The maximum atomic E-state index is 4.27. The molecule has 3 heteroatoms. The Labute approximate surface area is 132 Å². The average molecular weight is 293 g/mol. The van der Waals surface area contributed by atoms with Crippen molar-refractivity contribution < 1.29 is 0 Å². The molecule has 114 valence electrons. The topological polar surface area (TPSA) is 29.0 Å². The van der Waals surface area contributed by atoms with Crippen LogP contribution in [0.1, 0.15) is 28.8 Å². The highest BCUT2D eigenvalue weighted by atomic mass is 15.1.